The van der Waals surface area contributed by atoms with Gasteiger partial charge in [-0.1, -0.05) is 30.0 Å². The van der Waals surface area contributed by atoms with Gasteiger partial charge in [-0.05, 0) is 18.2 Å². The number of carbonyl (C=O) groups excluding carboxylic acids is 1. The third-order valence-corrected chi connectivity index (χ3v) is 5.77. The van der Waals surface area contributed by atoms with Crippen molar-refractivity contribution in [3.05, 3.63) is 54.4 Å². The molecular weight excluding hydrogens is 402 g/mol. The van der Waals surface area contributed by atoms with Crippen molar-refractivity contribution in [2.45, 2.75) is 24.2 Å². The highest BCUT2D eigenvalue weighted by atomic mass is 32.2. The highest BCUT2D eigenvalue weighted by Crippen LogP contribution is 2.31. The minimum atomic E-state index is -0.0477. The number of methoxy groups -OCH3 is 1. The predicted molar refractivity (Wildman–Crippen MR) is 113 cm³/mol. The summed E-state index contributed by atoms with van der Waals surface area (Å²) in [5.41, 5.74) is 1.94. The number of aromatic nitrogens is 4. The molecule has 4 rings (SSSR count). The van der Waals surface area contributed by atoms with Gasteiger partial charge in [0.05, 0.1) is 31.6 Å². The predicted octanol–water partition coefficient (Wildman–Crippen LogP) is 2.72. The molecule has 156 valence electrons. The van der Waals surface area contributed by atoms with Crippen LogP contribution < -0.4 is 10.1 Å². The van der Waals surface area contributed by atoms with Crippen LogP contribution in [0.15, 0.2) is 53.9 Å². The number of fused-ring (bicyclic) bond motifs is 1. The maximum atomic E-state index is 12.6. The molecule has 1 aromatic carbocycles. The first-order valence-corrected chi connectivity index (χ1v) is 10.7. The van der Waals surface area contributed by atoms with Gasteiger partial charge in [-0.25, -0.2) is 0 Å². The number of pyridine rings is 1. The van der Waals surface area contributed by atoms with E-state index in [1.807, 2.05) is 41.0 Å². The number of nitrogens with zero attached hydrogens (tertiary/aromatic N) is 4. The van der Waals surface area contributed by atoms with E-state index < -0.39 is 0 Å². The minimum Gasteiger partial charge on any atom is -0.493 e. The molecule has 0 aliphatic carbocycles. The monoisotopic (exact) mass is 425 g/mol. The number of para-hydroxylation sites is 1. The molecule has 1 aliphatic heterocycles. The molecule has 3 heterocycles. The second-order valence-electron chi connectivity index (χ2n) is 6.77. The molecule has 3 aromatic rings. The van der Waals surface area contributed by atoms with Crippen LogP contribution in [0.2, 0.25) is 0 Å². The fraction of sp³-hybridized carbons (Fsp3) is 0.333. The molecule has 0 radical (unpaired) electrons. The molecule has 30 heavy (non-hydrogen) atoms. The standard InChI is InChI=1S/C21H23N5O3S/c1-28-13-11-26-20(15-6-9-22-10-7-15)24-25-21(26)30-14-19(27)23-17-8-12-29-18-5-3-2-4-16(17)18/h2-7,9-10,17H,8,11-14H2,1H3,(H,23,27). The van der Waals surface area contributed by atoms with Crippen LogP contribution in [0.5, 0.6) is 5.75 Å². The first kappa shape index (κ1) is 20.4. The Morgan fingerprint density at radius 2 is 2.10 bits per heavy atom. The van der Waals surface area contributed by atoms with E-state index in [1.54, 1.807) is 19.5 Å². The van der Waals surface area contributed by atoms with E-state index in [4.69, 9.17) is 9.47 Å². The van der Waals surface area contributed by atoms with Crippen LogP contribution in [-0.2, 0) is 16.1 Å². The number of ether oxygens (including phenoxy) is 2. The second kappa shape index (κ2) is 9.73. The zero-order valence-corrected chi connectivity index (χ0v) is 17.5. The van der Waals surface area contributed by atoms with E-state index in [9.17, 15) is 4.79 Å². The Morgan fingerprint density at radius 3 is 2.93 bits per heavy atom. The van der Waals surface area contributed by atoms with Crippen LogP contribution in [0.3, 0.4) is 0 Å². The maximum absolute atomic E-state index is 12.6. The summed E-state index contributed by atoms with van der Waals surface area (Å²) in [5, 5.41) is 12.4. The highest BCUT2D eigenvalue weighted by Gasteiger charge is 2.23. The number of nitrogens with one attached hydrogen (secondary N) is 1. The number of thioether (sulfide) groups is 1. The number of rotatable bonds is 8. The topological polar surface area (TPSA) is 91.2 Å². The van der Waals surface area contributed by atoms with Crippen molar-refractivity contribution < 1.29 is 14.3 Å². The van der Waals surface area contributed by atoms with Crippen molar-refractivity contribution in [3.63, 3.8) is 0 Å². The summed E-state index contributed by atoms with van der Waals surface area (Å²) in [4.78, 5) is 16.7. The Kier molecular flexibility index (Phi) is 6.60. The molecular formula is C21H23N5O3S. The molecule has 2 aromatic heterocycles. The molecule has 0 saturated carbocycles. The van der Waals surface area contributed by atoms with Crippen LogP contribution in [0.4, 0.5) is 0 Å². The van der Waals surface area contributed by atoms with Crippen molar-refractivity contribution in [2.75, 3.05) is 26.1 Å². The molecule has 0 bridgehead atoms. The van der Waals surface area contributed by atoms with E-state index >= 15 is 0 Å². The lowest BCUT2D eigenvalue weighted by Gasteiger charge is -2.26. The van der Waals surface area contributed by atoms with Crippen LogP contribution in [0, 0.1) is 0 Å². The van der Waals surface area contributed by atoms with Crippen molar-refractivity contribution in [3.8, 4) is 17.1 Å². The summed E-state index contributed by atoms with van der Waals surface area (Å²) < 4.78 is 12.9. The van der Waals surface area contributed by atoms with Gasteiger partial charge >= 0.3 is 0 Å². The smallest absolute Gasteiger partial charge is 0.230 e. The number of hydrogen-bond donors (Lipinski definition) is 1. The number of benzene rings is 1. The SMILES string of the molecule is COCCn1c(SCC(=O)NC2CCOc3ccccc32)nnc1-c1ccncc1. The first-order chi connectivity index (χ1) is 14.8. The van der Waals surface area contributed by atoms with Crippen molar-refractivity contribution in [1.82, 2.24) is 25.1 Å². The van der Waals surface area contributed by atoms with Crippen molar-refractivity contribution >= 4 is 17.7 Å². The van der Waals surface area contributed by atoms with Gasteiger partial charge in [0, 0.05) is 37.1 Å². The van der Waals surface area contributed by atoms with Gasteiger partial charge in [0.2, 0.25) is 5.91 Å². The molecule has 0 spiro atoms. The quantitative estimate of drug-likeness (QED) is 0.555. The molecule has 1 amide bonds. The third kappa shape index (κ3) is 4.63. The molecule has 8 nitrogen and oxygen atoms in total. The van der Waals surface area contributed by atoms with Gasteiger partial charge in [0.25, 0.3) is 0 Å². The molecule has 1 atom stereocenters. The maximum Gasteiger partial charge on any atom is 0.230 e. The highest BCUT2D eigenvalue weighted by molar-refractivity contribution is 7.99. The summed E-state index contributed by atoms with van der Waals surface area (Å²) in [6.45, 7) is 1.71. The number of amides is 1. The number of hydrogen-bond acceptors (Lipinski definition) is 7. The average molecular weight is 426 g/mol. The average Bonchev–Trinajstić information content (AvgIpc) is 3.20. The normalized spacial score (nSPS) is 15.3. The van der Waals surface area contributed by atoms with Gasteiger partial charge in [-0.3, -0.25) is 14.3 Å². The summed E-state index contributed by atoms with van der Waals surface area (Å²) in [5.74, 6) is 1.77. The van der Waals surface area contributed by atoms with Gasteiger partial charge < -0.3 is 14.8 Å². The lowest BCUT2D eigenvalue weighted by atomic mass is 10.0. The minimum absolute atomic E-state index is 0.0400. The Hall–Kier alpha value is -2.91. The zero-order valence-electron chi connectivity index (χ0n) is 16.7. The Bertz CT molecular complexity index is 995. The Labute approximate surface area is 179 Å². The third-order valence-electron chi connectivity index (χ3n) is 4.80. The largest absolute Gasteiger partial charge is 0.493 e. The van der Waals surface area contributed by atoms with Gasteiger partial charge in [0.1, 0.15) is 5.75 Å². The van der Waals surface area contributed by atoms with Gasteiger partial charge in [0.15, 0.2) is 11.0 Å². The molecule has 1 unspecified atom stereocenters. The molecule has 1 aliphatic rings. The van der Waals surface area contributed by atoms with E-state index in [2.05, 4.69) is 20.5 Å². The summed E-state index contributed by atoms with van der Waals surface area (Å²) in [6.07, 6.45) is 4.19. The Morgan fingerprint density at radius 1 is 1.27 bits per heavy atom. The van der Waals surface area contributed by atoms with Crippen molar-refractivity contribution in [2.24, 2.45) is 0 Å². The molecule has 0 saturated heterocycles. The Balaban J connectivity index is 1.43. The summed E-state index contributed by atoms with van der Waals surface area (Å²) in [6, 6.07) is 11.6. The zero-order chi connectivity index (χ0) is 20.8. The van der Waals surface area contributed by atoms with E-state index in [0.29, 0.717) is 24.9 Å². The van der Waals surface area contributed by atoms with E-state index in [0.717, 1.165) is 29.1 Å². The van der Waals surface area contributed by atoms with Crippen LogP contribution in [0.1, 0.15) is 18.0 Å². The second-order valence-corrected chi connectivity index (χ2v) is 7.71. The lowest BCUT2D eigenvalue weighted by molar-refractivity contribution is -0.119. The first-order valence-electron chi connectivity index (χ1n) is 9.72. The molecule has 0 fully saturated rings. The van der Waals surface area contributed by atoms with Crippen LogP contribution in [0.25, 0.3) is 11.4 Å². The lowest BCUT2D eigenvalue weighted by Crippen LogP contribution is -2.33. The fourth-order valence-corrected chi connectivity index (χ4v) is 4.13. The summed E-state index contributed by atoms with van der Waals surface area (Å²) in [7, 11) is 1.66. The van der Waals surface area contributed by atoms with E-state index in [-0.39, 0.29) is 17.7 Å². The molecule has 9 heteroatoms. The van der Waals surface area contributed by atoms with Crippen LogP contribution >= 0.6 is 11.8 Å². The van der Waals surface area contributed by atoms with Crippen LogP contribution in [-0.4, -0.2) is 51.7 Å². The molecule has 1 N–H and O–H groups in total. The summed E-state index contributed by atoms with van der Waals surface area (Å²) >= 11 is 1.37. The van der Waals surface area contributed by atoms with Gasteiger partial charge in [-0.2, -0.15) is 0 Å². The van der Waals surface area contributed by atoms with E-state index in [1.165, 1.54) is 11.8 Å². The van der Waals surface area contributed by atoms with Gasteiger partial charge in [-0.15, -0.1) is 10.2 Å². The number of carbonyl (C=O) groups is 1. The fourth-order valence-electron chi connectivity index (χ4n) is 3.35. The van der Waals surface area contributed by atoms with Crippen molar-refractivity contribution in [1.29, 1.82) is 0 Å².